The Morgan fingerprint density at radius 2 is 1.36 bits per heavy atom. The van der Waals surface area contributed by atoms with Gasteiger partial charge >= 0.3 is 5.63 Å². The molecule has 6 fully saturated rings. The van der Waals surface area contributed by atoms with Crippen LogP contribution in [0, 0.1) is 22.7 Å². The molecule has 3 saturated carbocycles. The lowest BCUT2D eigenvalue weighted by Crippen LogP contribution is -2.66. The molecule has 0 unspecified atom stereocenters. The average Bonchev–Trinajstić information content (AvgIpc) is 3.50. The van der Waals surface area contributed by atoms with E-state index < -0.39 is 116 Å². The summed E-state index contributed by atoms with van der Waals surface area (Å²) in [5.41, 5.74) is 0.364. The number of rotatable bonds is 8. The van der Waals surface area contributed by atoms with Crippen molar-refractivity contribution in [3.63, 3.8) is 0 Å². The van der Waals surface area contributed by atoms with Crippen molar-refractivity contribution in [2.24, 2.45) is 22.7 Å². The van der Waals surface area contributed by atoms with Crippen LogP contribution >= 0.6 is 0 Å². The number of allylic oxidation sites excluding steroid dienone is 1. The molecule has 0 aromatic carbocycles. The van der Waals surface area contributed by atoms with Crippen molar-refractivity contribution in [1.29, 1.82) is 0 Å². The number of ether oxygens (including phenoxy) is 6. The van der Waals surface area contributed by atoms with Gasteiger partial charge in [-0.1, -0.05) is 25.5 Å². The lowest BCUT2D eigenvalue weighted by atomic mass is 9.45. The predicted octanol–water partition coefficient (Wildman–Crippen LogP) is -0.310. The van der Waals surface area contributed by atoms with Gasteiger partial charge in [0.2, 0.25) is 0 Å². The monoisotopic (exact) mass is 838 g/mol. The van der Waals surface area contributed by atoms with E-state index in [2.05, 4.69) is 19.9 Å². The van der Waals surface area contributed by atoms with Crippen LogP contribution in [0.25, 0.3) is 0 Å². The van der Waals surface area contributed by atoms with Crippen molar-refractivity contribution in [2.75, 3.05) is 6.61 Å². The highest BCUT2D eigenvalue weighted by atomic mass is 16.8. The third-order valence-corrected chi connectivity index (χ3v) is 15.7. The van der Waals surface area contributed by atoms with Crippen LogP contribution in [0.15, 0.2) is 39.3 Å². The van der Waals surface area contributed by atoms with E-state index >= 15 is 0 Å². The van der Waals surface area contributed by atoms with Gasteiger partial charge in [-0.25, -0.2) is 4.79 Å². The Balaban J connectivity index is 0.998. The minimum absolute atomic E-state index is 0.0824. The molecule has 59 heavy (non-hydrogen) atoms. The van der Waals surface area contributed by atoms with E-state index in [1.807, 2.05) is 6.07 Å². The van der Waals surface area contributed by atoms with E-state index in [0.717, 1.165) is 44.1 Å². The minimum Gasteiger partial charge on any atom is -0.431 e. The molecule has 0 spiro atoms. The van der Waals surface area contributed by atoms with Gasteiger partial charge in [0.05, 0.1) is 36.8 Å². The van der Waals surface area contributed by atoms with E-state index in [9.17, 15) is 50.8 Å². The molecule has 3 saturated heterocycles. The summed E-state index contributed by atoms with van der Waals surface area (Å²) < 4.78 is 41.5. The molecule has 3 aliphatic heterocycles. The van der Waals surface area contributed by atoms with E-state index in [0.29, 0.717) is 12.8 Å². The zero-order valence-electron chi connectivity index (χ0n) is 33.9. The molecule has 0 bridgehead atoms. The van der Waals surface area contributed by atoms with Gasteiger partial charge in [0, 0.05) is 11.5 Å². The Morgan fingerprint density at radius 1 is 0.695 bits per heavy atom. The maximum absolute atomic E-state index is 12.7. The predicted molar refractivity (Wildman–Crippen MR) is 202 cm³/mol. The highest BCUT2D eigenvalue weighted by Gasteiger charge is 2.67. The van der Waals surface area contributed by atoms with E-state index in [4.69, 9.17) is 32.8 Å². The second-order valence-corrected chi connectivity index (χ2v) is 18.7. The number of aliphatic hydroxyl groups excluding tert-OH is 8. The zero-order valence-corrected chi connectivity index (χ0v) is 33.9. The van der Waals surface area contributed by atoms with Crippen molar-refractivity contribution < 1.29 is 78.8 Å². The van der Waals surface area contributed by atoms with Crippen molar-refractivity contribution in [2.45, 2.75) is 189 Å². The minimum atomic E-state index is -1.78. The Bertz CT molecular complexity index is 1720. The van der Waals surface area contributed by atoms with Crippen molar-refractivity contribution in [3.8, 4) is 0 Å². The second kappa shape index (κ2) is 16.3. The van der Waals surface area contributed by atoms with Crippen LogP contribution in [-0.2, 0) is 28.4 Å². The van der Waals surface area contributed by atoms with E-state index in [1.165, 1.54) is 18.6 Å². The number of hydrogen-bond acceptors (Lipinski definition) is 17. The third-order valence-electron chi connectivity index (χ3n) is 15.7. The Kier molecular flexibility index (Phi) is 12.1. The van der Waals surface area contributed by atoms with Crippen molar-refractivity contribution in [1.82, 2.24) is 0 Å². The average molecular weight is 839 g/mol. The Labute approximate surface area is 342 Å². The molecular weight excluding hydrogens is 776 g/mol. The van der Waals surface area contributed by atoms with Gasteiger partial charge in [-0.3, -0.25) is 0 Å². The smallest absolute Gasteiger partial charge is 0.335 e. The largest absolute Gasteiger partial charge is 0.431 e. The third kappa shape index (κ3) is 7.28. The molecule has 22 atom stereocenters. The van der Waals surface area contributed by atoms with Crippen LogP contribution in [0.5, 0.6) is 0 Å². The molecule has 0 radical (unpaired) electrons. The number of fused-ring (bicyclic) bond motifs is 5. The van der Waals surface area contributed by atoms with Crippen molar-refractivity contribution >= 4 is 0 Å². The summed E-state index contributed by atoms with van der Waals surface area (Å²) in [4.78, 5) is 11.7. The first-order valence-electron chi connectivity index (χ1n) is 21.2. The van der Waals surface area contributed by atoms with Gasteiger partial charge in [0.15, 0.2) is 18.9 Å². The maximum atomic E-state index is 12.7. The van der Waals surface area contributed by atoms with E-state index in [1.54, 1.807) is 13.2 Å². The number of aliphatic hydroxyl groups is 9. The SMILES string of the molecule is C[C@@H]1O[C@@H](O[C@H]2[C@@H](O)[C@H](O[C@@H]3C=C4CC[C@@H]5[C@H](CC[C@]6(C)[C@@H](c7ccc(=O)oc7)CC[C@]56O)[C@@]4(C)CC3)O[C@@H](C)[C@@H]2O[C@@H]2O[C@H](CO)[C@@H](O)[C@H](O)[C@H]2O)[C@H](O)[C@H](O)[C@H]1O. The topological polar surface area (TPSA) is 268 Å². The standard InChI is InChI=1S/C42H62O17/c1-18-28(45)30(47)32(49)37(54-18)59-36-34(51)39(55-19(2)35(36)58-38-33(50)31(48)29(46)26(16-43)57-38)56-22-9-12-40(3)21(15-22)6-7-25-24(40)10-13-41(4)23(11-14-42(25,41)52)20-5-8-27(44)53-17-20/h5,8,15,17-19,22-26,28-39,43,45-52H,6-7,9-14,16H2,1-4H3/t18-,19-,22-,23+,24-,25+,26+,28-,29+,30+,31-,32+,33+,34+,35-,36-,37-,38-,39-,40-,41+,42-/m0/s1. The highest BCUT2D eigenvalue weighted by molar-refractivity contribution is 5.31. The van der Waals surface area contributed by atoms with Crippen LogP contribution < -0.4 is 5.63 Å². The molecule has 17 nitrogen and oxygen atoms in total. The summed E-state index contributed by atoms with van der Waals surface area (Å²) in [6.07, 6.45) is -12.6. The summed E-state index contributed by atoms with van der Waals surface area (Å²) in [7, 11) is 0. The van der Waals surface area contributed by atoms with Crippen LogP contribution in [0.1, 0.15) is 90.5 Å². The molecule has 17 heteroatoms. The summed E-state index contributed by atoms with van der Waals surface area (Å²) in [5.74, 6) is 0.407. The molecule has 1 aromatic rings. The molecule has 1 aromatic heterocycles. The molecule has 7 aliphatic rings. The summed E-state index contributed by atoms with van der Waals surface area (Å²) in [6, 6.07) is 3.29. The van der Waals surface area contributed by atoms with Gasteiger partial charge in [0.1, 0.15) is 61.0 Å². The Morgan fingerprint density at radius 3 is 2.05 bits per heavy atom. The zero-order chi connectivity index (χ0) is 42.3. The second-order valence-electron chi connectivity index (χ2n) is 18.7. The fourth-order valence-corrected chi connectivity index (χ4v) is 12.1. The highest BCUT2D eigenvalue weighted by Crippen LogP contribution is 2.70. The maximum Gasteiger partial charge on any atom is 0.335 e. The van der Waals surface area contributed by atoms with E-state index in [-0.39, 0.29) is 28.6 Å². The van der Waals surface area contributed by atoms with Gasteiger partial charge < -0.3 is 78.8 Å². The van der Waals surface area contributed by atoms with Gasteiger partial charge in [-0.2, -0.15) is 0 Å². The van der Waals surface area contributed by atoms with Gasteiger partial charge in [-0.05, 0) is 100 Å². The number of hydrogen-bond donors (Lipinski definition) is 9. The summed E-state index contributed by atoms with van der Waals surface area (Å²) >= 11 is 0. The van der Waals surface area contributed by atoms with Crippen molar-refractivity contribution in [3.05, 3.63) is 46.0 Å². The van der Waals surface area contributed by atoms with Crippen LogP contribution in [-0.4, -0.2) is 156 Å². The fourth-order valence-electron chi connectivity index (χ4n) is 12.1. The van der Waals surface area contributed by atoms with Gasteiger partial charge in [0.25, 0.3) is 0 Å². The lowest BCUT2D eigenvalue weighted by Gasteiger charge is -2.62. The summed E-state index contributed by atoms with van der Waals surface area (Å²) in [5, 5.41) is 97.6. The molecular formula is C42H62O17. The molecule has 9 N–H and O–H groups in total. The fraction of sp³-hybridized carbons (Fsp3) is 0.833. The van der Waals surface area contributed by atoms with Crippen LogP contribution in [0.4, 0.5) is 0 Å². The quantitative estimate of drug-likeness (QED) is 0.152. The molecule has 4 aliphatic carbocycles. The lowest BCUT2D eigenvalue weighted by molar-refractivity contribution is -0.384. The first-order valence-corrected chi connectivity index (χ1v) is 21.2. The van der Waals surface area contributed by atoms with Crippen LogP contribution in [0.2, 0.25) is 0 Å². The molecule has 4 heterocycles. The first kappa shape index (κ1) is 43.7. The Hall–Kier alpha value is -1.91. The molecule has 332 valence electrons. The molecule has 0 amide bonds. The summed E-state index contributed by atoms with van der Waals surface area (Å²) in [6.45, 7) is 6.87. The normalized spacial score (nSPS) is 52.6. The first-order chi connectivity index (χ1) is 27.9. The molecule has 8 rings (SSSR count). The van der Waals surface area contributed by atoms with Crippen LogP contribution in [0.3, 0.4) is 0 Å². The van der Waals surface area contributed by atoms with Gasteiger partial charge in [-0.15, -0.1) is 0 Å².